The van der Waals surface area contributed by atoms with Gasteiger partial charge in [0, 0.05) is 26.2 Å². The molecule has 1 aliphatic carbocycles. The van der Waals surface area contributed by atoms with Gasteiger partial charge in [-0.3, -0.25) is 4.79 Å². The Hall–Kier alpha value is -2.63. The number of nitrogens with one attached hydrogen (secondary N) is 2. The van der Waals surface area contributed by atoms with E-state index in [0.717, 1.165) is 30.5 Å². The first-order chi connectivity index (χ1) is 15.6. The third-order valence-electron chi connectivity index (χ3n) is 5.66. The minimum absolute atomic E-state index is 0.0333. The minimum atomic E-state index is -4.78. The second-order valence-corrected chi connectivity index (χ2v) is 9.98. The number of alkyl halides is 3. The number of piperazine rings is 1. The smallest absolute Gasteiger partial charge is 0.406 e. The maximum Gasteiger partial charge on any atom is 0.573 e. The standard InChI is InChI=1S/C22H24F3N3O4S/c23-22(24,25)32-18-7-1-15(2-8-18)13-27-21(29)20-14-26-11-12-28(20)33(30,31)19-9-5-17(6-10-19)16-3-4-16/h1-2,5-10,16,20,26H,3-4,11-14H2,(H,27,29)/t20-/m1/s1. The van der Waals surface area contributed by atoms with Crippen molar-refractivity contribution in [2.24, 2.45) is 0 Å². The Morgan fingerprint density at radius 1 is 1.09 bits per heavy atom. The van der Waals surface area contributed by atoms with Crippen LogP contribution in [0.3, 0.4) is 0 Å². The number of nitrogens with zero attached hydrogens (tertiary/aromatic N) is 1. The Morgan fingerprint density at radius 2 is 1.76 bits per heavy atom. The molecule has 1 saturated heterocycles. The predicted molar refractivity (Wildman–Crippen MR) is 114 cm³/mol. The lowest BCUT2D eigenvalue weighted by atomic mass is 10.1. The van der Waals surface area contributed by atoms with Gasteiger partial charge >= 0.3 is 6.36 Å². The van der Waals surface area contributed by atoms with Crippen molar-refractivity contribution in [3.63, 3.8) is 0 Å². The summed E-state index contributed by atoms with van der Waals surface area (Å²) in [5.41, 5.74) is 1.67. The fourth-order valence-corrected chi connectivity index (χ4v) is 5.36. The number of carbonyl (C=O) groups is 1. The summed E-state index contributed by atoms with van der Waals surface area (Å²) in [7, 11) is -3.87. The zero-order valence-electron chi connectivity index (χ0n) is 17.6. The second kappa shape index (κ2) is 9.32. The van der Waals surface area contributed by atoms with Gasteiger partial charge in [-0.25, -0.2) is 8.42 Å². The number of carbonyl (C=O) groups excluding carboxylic acids is 1. The average Bonchev–Trinajstić information content (AvgIpc) is 3.63. The first-order valence-corrected chi connectivity index (χ1v) is 12.0. The highest BCUT2D eigenvalue weighted by molar-refractivity contribution is 7.89. The van der Waals surface area contributed by atoms with Gasteiger partial charge in [0.15, 0.2) is 0 Å². The fraction of sp³-hybridized carbons (Fsp3) is 0.409. The Morgan fingerprint density at radius 3 is 2.36 bits per heavy atom. The summed E-state index contributed by atoms with van der Waals surface area (Å²) in [5.74, 6) is -0.344. The van der Waals surface area contributed by atoms with Crippen molar-refractivity contribution in [3.8, 4) is 5.75 Å². The van der Waals surface area contributed by atoms with Crippen LogP contribution < -0.4 is 15.4 Å². The van der Waals surface area contributed by atoms with Crippen LogP contribution in [0, 0.1) is 0 Å². The van der Waals surface area contributed by atoms with Crippen LogP contribution in [0.5, 0.6) is 5.75 Å². The molecule has 1 heterocycles. The molecule has 2 aromatic carbocycles. The molecule has 2 aliphatic rings. The summed E-state index contributed by atoms with van der Waals surface area (Å²) in [4.78, 5) is 13.0. The SMILES string of the molecule is O=C(NCc1ccc(OC(F)(F)F)cc1)[C@H]1CNCCN1S(=O)(=O)c1ccc(C2CC2)cc1. The number of ether oxygens (including phenoxy) is 1. The van der Waals surface area contributed by atoms with Gasteiger partial charge in [0.1, 0.15) is 11.8 Å². The zero-order valence-corrected chi connectivity index (χ0v) is 18.5. The quantitative estimate of drug-likeness (QED) is 0.633. The number of rotatable bonds is 7. The van der Waals surface area contributed by atoms with Crippen molar-refractivity contribution in [1.82, 2.24) is 14.9 Å². The number of sulfonamides is 1. The van der Waals surface area contributed by atoms with Crippen LogP contribution in [0.2, 0.25) is 0 Å². The van der Waals surface area contributed by atoms with Crippen molar-refractivity contribution in [2.45, 2.75) is 42.6 Å². The molecule has 2 N–H and O–H groups in total. The summed E-state index contributed by atoms with van der Waals surface area (Å²) in [6, 6.07) is 11.0. The van der Waals surface area contributed by atoms with Crippen molar-refractivity contribution >= 4 is 15.9 Å². The molecule has 0 aromatic heterocycles. The lowest BCUT2D eigenvalue weighted by Crippen LogP contribution is -2.59. The monoisotopic (exact) mass is 483 g/mol. The number of amides is 1. The van der Waals surface area contributed by atoms with Crippen LogP contribution in [0.15, 0.2) is 53.4 Å². The van der Waals surface area contributed by atoms with Crippen LogP contribution in [0.1, 0.15) is 29.9 Å². The lowest BCUT2D eigenvalue weighted by molar-refractivity contribution is -0.274. The molecule has 2 aromatic rings. The van der Waals surface area contributed by atoms with E-state index in [1.54, 1.807) is 12.1 Å². The first-order valence-electron chi connectivity index (χ1n) is 10.6. The molecule has 1 saturated carbocycles. The Kier molecular flexibility index (Phi) is 6.64. The zero-order chi connectivity index (χ0) is 23.6. The molecule has 1 amide bonds. The van der Waals surface area contributed by atoms with E-state index in [4.69, 9.17) is 0 Å². The van der Waals surface area contributed by atoms with E-state index < -0.39 is 28.3 Å². The molecule has 2 fully saturated rings. The minimum Gasteiger partial charge on any atom is -0.406 e. The maximum absolute atomic E-state index is 13.2. The summed E-state index contributed by atoms with van der Waals surface area (Å²) < 4.78 is 68.3. The molecule has 0 bridgehead atoms. The van der Waals surface area contributed by atoms with Crippen LogP contribution in [0.4, 0.5) is 13.2 Å². The van der Waals surface area contributed by atoms with Gasteiger partial charge < -0.3 is 15.4 Å². The normalized spacial score (nSPS) is 19.8. The largest absolute Gasteiger partial charge is 0.573 e. The molecule has 7 nitrogen and oxygen atoms in total. The maximum atomic E-state index is 13.2. The molecule has 4 rings (SSSR count). The highest BCUT2D eigenvalue weighted by Crippen LogP contribution is 2.40. The molecular weight excluding hydrogens is 459 g/mol. The van der Waals surface area contributed by atoms with Crippen LogP contribution >= 0.6 is 0 Å². The summed E-state index contributed by atoms with van der Waals surface area (Å²) in [5, 5.41) is 5.71. The average molecular weight is 484 g/mol. The van der Waals surface area contributed by atoms with Crippen molar-refractivity contribution in [2.75, 3.05) is 19.6 Å². The van der Waals surface area contributed by atoms with E-state index in [-0.39, 0.29) is 30.3 Å². The van der Waals surface area contributed by atoms with E-state index in [1.807, 2.05) is 12.1 Å². The molecule has 11 heteroatoms. The third-order valence-corrected chi connectivity index (χ3v) is 7.58. The molecule has 1 aliphatic heterocycles. The van der Waals surface area contributed by atoms with Gasteiger partial charge in [-0.15, -0.1) is 13.2 Å². The predicted octanol–water partition coefficient (Wildman–Crippen LogP) is 2.74. The number of hydrogen-bond acceptors (Lipinski definition) is 5. The van der Waals surface area contributed by atoms with Crippen molar-refractivity contribution < 1.29 is 31.1 Å². The second-order valence-electron chi connectivity index (χ2n) is 8.09. The molecular formula is C22H24F3N3O4S. The summed E-state index contributed by atoms with van der Waals surface area (Å²) in [6.45, 7) is 0.757. The molecule has 1 atom stereocenters. The van der Waals surface area contributed by atoms with Gasteiger partial charge in [-0.05, 0) is 54.2 Å². The Labute approximate surface area is 190 Å². The topological polar surface area (TPSA) is 87.7 Å². The van der Waals surface area contributed by atoms with E-state index >= 15 is 0 Å². The lowest BCUT2D eigenvalue weighted by Gasteiger charge is -2.34. The van der Waals surface area contributed by atoms with Crippen LogP contribution in [-0.2, 0) is 21.4 Å². The van der Waals surface area contributed by atoms with E-state index in [2.05, 4.69) is 15.4 Å². The molecule has 178 valence electrons. The summed E-state index contributed by atoms with van der Waals surface area (Å²) in [6.07, 6.45) is -2.55. The molecule has 0 spiro atoms. The number of halogens is 3. The van der Waals surface area contributed by atoms with E-state index in [0.29, 0.717) is 18.0 Å². The van der Waals surface area contributed by atoms with Gasteiger partial charge in [-0.2, -0.15) is 4.31 Å². The molecule has 33 heavy (non-hydrogen) atoms. The van der Waals surface area contributed by atoms with E-state index in [1.165, 1.54) is 16.4 Å². The molecule has 0 radical (unpaired) electrons. The highest BCUT2D eigenvalue weighted by Gasteiger charge is 2.38. The Balaban J connectivity index is 1.41. The number of hydrogen-bond donors (Lipinski definition) is 2. The van der Waals surface area contributed by atoms with Crippen LogP contribution in [-0.4, -0.2) is 50.7 Å². The van der Waals surface area contributed by atoms with E-state index in [9.17, 15) is 26.4 Å². The fourth-order valence-electron chi connectivity index (χ4n) is 3.78. The van der Waals surface area contributed by atoms with Gasteiger partial charge in [0.05, 0.1) is 4.90 Å². The van der Waals surface area contributed by atoms with Gasteiger partial charge in [0.2, 0.25) is 15.9 Å². The van der Waals surface area contributed by atoms with Crippen LogP contribution in [0.25, 0.3) is 0 Å². The summed E-state index contributed by atoms with van der Waals surface area (Å²) >= 11 is 0. The van der Waals surface area contributed by atoms with Crippen molar-refractivity contribution in [3.05, 3.63) is 59.7 Å². The number of benzene rings is 2. The highest BCUT2D eigenvalue weighted by atomic mass is 32.2. The van der Waals surface area contributed by atoms with Gasteiger partial charge in [-0.1, -0.05) is 24.3 Å². The first kappa shape index (κ1) is 23.5. The van der Waals surface area contributed by atoms with Gasteiger partial charge in [0.25, 0.3) is 0 Å². The molecule has 0 unspecified atom stereocenters. The van der Waals surface area contributed by atoms with Crippen molar-refractivity contribution in [1.29, 1.82) is 0 Å². The third kappa shape index (κ3) is 5.84. The Bertz CT molecular complexity index is 1090.